The lowest BCUT2D eigenvalue weighted by Gasteiger charge is -2.04. The Kier molecular flexibility index (Phi) is 4.94. The van der Waals surface area contributed by atoms with Crippen LogP contribution < -0.4 is 0 Å². The highest BCUT2D eigenvalue weighted by Gasteiger charge is 2.14. The van der Waals surface area contributed by atoms with Gasteiger partial charge in [-0.3, -0.25) is 10.1 Å². The van der Waals surface area contributed by atoms with Crippen LogP contribution in [0.4, 0.5) is 5.69 Å². The zero-order valence-electron chi connectivity index (χ0n) is 14.9. The molecule has 28 heavy (non-hydrogen) atoms. The van der Waals surface area contributed by atoms with Gasteiger partial charge in [-0.1, -0.05) is 54.1 Å². The summed E-state index contributed by atoms with van der Waals surface area (Å²) in [5, 5.41) is 14.9. The molecular weight excluding hydrogens is 392 g/mol. The monoisotopic (exact) mass is 406 g/mol. The van der Waals surface area contributed by atoms with Crippen molar-refractivity contribution < 1.29 is 4.92 Å². The van der Waals surface area contributed by atoms with Crippen molar-refractivity contribution in [2.45, 2.75) is 6.92 Å². The molecular formula is C22H15ClN2O2S. The third-order valence-corrected chi connectivity index (χ3v) is 5.82. The Labute approximate surface area is 171 Å². The van der Waals surface area contributed by atoms with Crippen LogP contribution in [0.1, 0.15) is 5.56 Å². The van der Waals surface area contributed by atoms with Crippen LogP contribution in [-0.2, 0) is 0 Å². The molecule has 0 saturated carbocycles. The summed E-state index contributed by atoms with van der Waals surface area (Å²) in [6.45, 7) is 1.97. The molecule has 1 aromatic heterocycles. The number of nitro groups is 1. The van der Waals surface area contributed by atoms with Crippen molar-refractivity contribution in [1.29, 1.82) is 0 Å². The van der Waals surface area contributed by atoms with Gasteiger partial charge in [0.2, 0.25) is 0 Å². The topological polar surface area (TPSA) is 56.0 Å². The summed E-state index contributed by atoms with van der Waals surface area (Å²) in [4.78, 5) is 15.6. The van der Waals surface area contributed by atoms with Gasteiger partial charge in [0.1, 0.15) is 5.01 Å². The Hall–Kier alpha value is -3.02. The van der Waals surface area contributed by atoms with Crippen LogP contribution in [0, 0.1) is 17.0 Å². The normalized spacial score (nSPS) is 10.8. The molecule has 0 unspecified atom stereocenters. The van der Waals surface area contributed by atoms with E-state index < -0.39 is 0 Å². The molecule has 3 aromatic carbocycles. The first-order valence-electron chi connectivity index (χ1n) is 8.59. The number of para-hydroxylation sites is 1. The van der Waals surface area contributed by atoms with E-state index >= 15 is 0 Å². The van der Waals surface area contributed by atoms with Gasteiger partial charge in [-0.2, -0.15) is 0 Å². The second kappa shape index (κ2) is 7.54. The Balaban J connectivity index is 1.64. The summed E-state index contributed by atoms with van der Waals surface area (Å²) in [5.41, 5.74) is 5.44. The first kappa shape index (κ1) is 18.3. The molecule has 0 aliphatic carbocycles. The number of hydrogen-bond acceptors (Lipinski definition) is 4. The highest BCUT2D eigenvalue weighted by molar-refractivity contribution is 7.13. The average molecular weight is 407 g/mol. The fraction of sp³-hybridized carbons (Fsp3) is 0.0455. The largest absolute Gasteiger partial charge is 0.277 e. The summed E-state index contributed by atoms with van der Waals surface area (Å²) < 4.78 is 0. The standard InChI is InChI=1S/C22H15ClN2O2S/c1-14-12-17(10-11-19(14)23)20-13-28-22(24-20)16-8-6-15(7-9-16)18-4-2-3-5-21(18)25(26)27/h2-13H,1H3. The Morgan fingerprint density at radius 3 is 2.36 bits per heavy atom. The second-order valence-corrected chi connectivity index (χ2v) is 7.62. The van der Waals surface area contributed by atoms with Crippen LogP contribution in [0.5, 0.6) is 0 Å². The predicted molar refractivity (Wildman–Crippen MR) is 115 cm³/mol. The molecule has 4 nitrogen and oxygen atoms in total. The number of nitrogens with zero attached hydrogens (tertiary/aromatic N) is 2. The summed E-state index contributed by atoms with van der Waals surface area (Å²) >= 11 is 7.67. The van der Waals surface area contributed by atoms with E-state index in [2.05, 4.69) is 0 Å². The molecule has 138 valence electrons. The number of thiazole rings is 1. The van der Waals surface area contributed by atoms with E-state index in [1.807, 2.05) is 54.8 Å². The molecule has 1 heterocycles. The summed E-state index contributed by atoms with van der Waals surface area (Å²) in [6, 6.07) is 20.3. The highest BCUT2D eigenvalue weighted by atomic mass is 35.5. The van der Waals surface area contributed by atoms with E-state index in [0.29, 0.717) is 5.56 Å². The molecule has 0 bridgehead atoms. The fourth-order valence-corrected chi connectivity index (χ4v) is 3.97. The second-order valence-electron chi connectivity index (χ2n) is 6.35. The van der Waals surface area contributed by atoms with Crippen molar-refractivity contribution in [3.05, 3.63) is 92.8 Å². The van der Waals surface area contributed by atoms with Crippen LogP contribution in [0.3, 0.4) is 0 Å². The van der Waals surface area contributed by atoms with E-state index in [4.69, 9.17) is 16.6 Å². The average Bonchev–Trinajstić information content (AvgIpc) is 3.20. The molecule has 4 rings (SSSR count). The molecule has 0 aliphatic rings. The quantitative estimate of drug-likeness (QED) is 0.270. The molecule has 0 radical (unpaired) electrons. The number of aromatic nitrogens is 1. The van der Waals surface area contributed by atoms with Crippen molar-refractivity contribution >= 4 is 28.6 Å². The maximum Gasteiger partial charge on any atom is 0.277 e. The molecule has 0 amide bonds. The van der Waals surface area contributed by atoms with Crippen molar-refractivity contribution in [3.8, 4) is 33.0 Å². The van der Waals surface area contributed by atoms with Crippen molar-refractivity contribution in [2.24, 2.45) is 0 Å². The highest BCUT2D eigenvalue weighted by Crippen LogP contribution is 2.34. The van der Waals surface area contributed by atoms with Crippen LogP contribution in [0.2, 0.25) is 5.02 Å². The Morgan fingerprint density at radius 2 is 1.64 bits per heavy atom. The van der Waals surface area contributed by atoms with Crippen LogP contribution in [0.15, 0.2) is 72.1 Å². The van der Waals surface area contributed by atoms with Gasteiger partial charge in [0.15, 0.2) is 0 Å². The third-order valence-electron chi connectivity index (χ3n) is 4.50. The lowest BCUT2D eigenvalue weighted by Crippen LogP contribution is -1.91. The summed E-state index contributed by atoms with van der Waals surface area (Å²) in [7, 11) is 0. The minimum absolute atomic E-state index is 0.102. The molecule has 6 heteroatoms. The number of benzene rings is 3. The van der Waals surface area contributed by atoms with E-state index in [-0.39, 0.29) is 10.6 Å². The van der Waals surface area contributed by atoms with Crippen molar-refractivity contribution in [1.82, 2.24) is 4.98 Å². The fourth-order valence-electron chi connectivity index (χ4n) is 3.01. The number of aryl methyl sites for hydroxylation is 1. The number of rotatable bonds is 4. The van der Waals surface area contributed by atoms with Gasteiger partial charge in [0, 0.05) is 27.6 Å². The van der Waals surface area contributed by atoms with Gasteiger partial charge >= 0.3 is 0 Å². The lowest BCUT2D eigenvalue weighted by molar-refractivity contribution is -0.384. The summed E-state index contributed by atoms with van der Waals surface area (Å²) in [5.74, 6) is 0. The molecule has 0 aliphatic heterocycles. The number of hydrogen-bond donors (Lipinski definition) is 0. The van der Waals surface area contributed by atoms with Gasteiger partial charge in [0.05, 0.1) is 16.2 Å². The first-order valence-corrected chi connectivity index (χ1v) is 9.85. The van der Waals surface area contributed by atoms with Gasteiger partial charge in [-0.25, -0.2) is 4.98 Å². The molecule has 0 atom stereocenters. The lowest BCUT2D eigenvalue weighted by atomic mass is 10.0. The molecule has 4 aromatic rings. The SMILES string of the molecule is Cc1cc(-c2csc(-c3ccc(-c4ccccc4[N+](=O)[O-])cc3)n2)ccc1Cl. The van der Waals surface area contributed by atoms with Crippen molar-refractivity contribution in [2.75, 3.05) is 0 Å². The van der Waals surface area contributed by atoms with Crippen LogP contribution in [0.25, 0.3) is 33.0 Å². The zero-order valence-corrected chi connectivity index (χ0v) is 16.5. The maximum atomic E-state index is 11.3. The van der Waals surface area contributed by atoms with E-state index in [1.54, 1.807) is 29.5 Å². The van der Waals surface area contributed by atoms with Crippen LogP contribution in [-0.4, -0.2) is 9.91 Å². The van der Waals surface area contributed by atoms with Gasteiger partial charge in [-0.15, -0.1) is 11.3 Å². The third kappa shape index (κ3) is 3.54. The molecule has 0 N–H and O–H groups in total. The van der Waals surface area contributed by atoms with Crippen LogP contribution >= 0.6 is 22.9 Å². The molecule has 0 spiro atoms. The molecule has 0 fully saturated rings. The Morgan fingerprint density at radius 1 is 0.964 bits per heavy atom. The van der Waals surface area contributed by atoms with E-state index in [0.717, 1.165) is 38.0 Å². The van der Waals surface area contributed by atoms with E-state index in [1.165, 1.54) is 6.07 Å². The number of nitro benzene ring substituents is 1. The summed E-state index contributed by atoms with van der Waals surface area (Å²) in [6.07, 6.45) is 0. The smallest absolute Gasteiger partial charge is 0.258 e. The zero-order chi connectivity index (χ0) is 19.7. The number of halogens is 1. The Bertz CT molecular complexity index is 1170. The van der Waals surface area contributed by atoms with Crippen molar-refractivity contribution in [3.63, 3.8) is 0 Å². The van der Waals surface area contributed by atoms with Gasteiger partial charge in [0.25, 0.3) is 5.69 Å². The van der Waals surface area contributed by atoms with E-state index in [9.17, 15) is 10.1 Å². The van der Waals surface area contributed by atoms with Gasteiger partial charge < -0.3 is 0 Å². The minimum Gasteiger partial charge on any atom is -0.258 e. The van der Waals surface area contributed by atoms with Gasteiger partial charge in [-0.05, 0) is 36.2 Å². The minimum atomic E-state index is -0.357. The predicted octanol–water partition coefficient (Wildman–Crippen LogP) is 7.01. The maximum absolute atomic E-state index is 11.3. The first-order chi connectivity index (χ1) is 13.5. The molecule has 0 saturated heterocycles.